The summed E-state index contributed by atoms with van der Waals surface area (Å²) in [4.78, 5) is 59.4. The first kappa shape index (κ1) is 28.5. The molecule has 0 unspecified atom stereocenters. The number of imidazole rings is 1. The van der Waals surface area contributed by atoms with Crippen molar-refractivity contribution in [3.8, 4) is 0 Å². The fourth-order valence-electron chi connectivity index (χ4n) is 6.45. The number of nitrogens with two attached hydrogens (primary N) is 1. The van der Waals surface area contributed by atoms with Gasteiger partial charge in [-0.05, 0) is 34.1 Å². The quantitative estimate of drug-likeness (QED) is 0.241. The van der Waals surface area contributed by atoms with Gasteiger partial charge < -0.3 is 49.0 Å². The Morgan fingerprint density at radius 2 is 1.54 bits per heavy atom. The molecule has 8 bridgehead atoms. The number of aromatic nitrogens is 4. The van der Waals surface area contributed by atoms with Gasteiger partial charge in [0.1, 0.15) is 43.4 Å². The molecule has 7 heterocycles. The highest BCUT2D eigenvalue weighted by Gasteiger charge is 2.59. The summed E-state index contributed by atoms with van der Waals surface area (Å²) in [5.41, 5.74) is 7.43. The first-order chi connectivity index (χ1) is 19.1. The minimum Gasteiger partial charge on any atom is -0.631 e. The second kappa shape index (κ2) is 9.36. The summed E-state index contributed by atoms with van der Waals surface area (Å²) in [6.07, 6.45) is -1.06. The number of fused-ring (bicyclic) bond motifs is 9. The van der Waals surface area contributed by atoms with Crippen LogP contribution in [0.1, 0.15) is 46.4 Å². The molecule has 41 heavy (non-hydrogen) atoms. The van der Waals surface area contributed by atoms with Crippen LogP contribution in [0.2, 0.25) is 0 Å². The molecule has 8 atom stereocenters. The van der Waals surface area contributed by atoms with Crippen molar-refractivity contribution in [1.82, 2.24) is 14.5 Å². The van der Waals surface area contributed by atoms with Crippen molar-refractivity contribution in [2.24, 2.45) is 5.92 Å². The normalized spacial score (nSPS) is 40.5. The monoisotopic (exact) mass is 618 g/mol. The Balaban J connectivity index is 1.31. The van der Waals surface area contributed by atoms with Gasteiger partial charge in [0.25, 0.3) is 22.2 Å². The van der Waals surface area contributed by atoms with Gasteiger partial charge in [0.05, 0.1) is 12.7 Å². The molecular formula is C22H30N5O12P2-. The van der Waals surface area contributed by atoms with Gasteiger partial charge in [0.15, 0.2) is 23.3 Å². The van der Waals surface area contributed by atoms with Crippen LogP contribution in [0.4, 0.5) is 5.82 Å². The molecule has 2 aromatic rings. The van der Waals surface area contributed by atoms with Crippen LogP contribution in [-0.2, 0) is 37.0 Å². The fraction of sp³-hybridized carbons (Fsp3) is 0.773. The molecule has 6 aliphatic rings. The number of anilines is 1. The predicted octanol–water partition coefficient (Wildman–Crippen LogP) is -2.34. The number of rotatable bonds is 0. The molecule has 8 rings (SSSR count). The van der Waals surface area contributed by atoms with E-state index in [2.05, 4.69) is 14.3 Å². The Kier molecular flexibility index (Phi) is 6.51. The largest absolute Gasteiger partial charge is 0.631 e. The van der Waals surface area contributed by atoms with Crippen LogP contribution in [0.3, 0.4) is 0 Å². The third-order valence-electron chi connectivity index (χ3n) is 7.94. The van der Waals surface area contributed by atoms with Gasteiger partial charge in [0, 0.05) is 5.92 Å². The Morgan fingerprint density at radius 1 is 0.902 bits per heavy atom. The Labute approximate surface area is 235 Å². The number of hydrogen-bond acceptors (Lipinski definition) is 15. The standard InChI is InChI=1S/C22H31N5O12P2/c1-21(2)35-14-10-5-11(15(14)36-21)26-9-25-19-13(18(26)23)24-8-27(19)20-17-16(37-22(3,4)38-17)12(34-20)7-33-41(30,31)39-40(28,29)32-6-10/h8-12,14-17,20,23H,5-7H2,1-4H3,(H2,28,29,30,31)/p-1/t10-,11-,12-,14-,15+,16-,17-,20-/m1/s1. The number of phosphoric acid groups is 2. The summed E-state index contributed by atoms with van der Waals surface area (Å²) in [6.45, 7) is 5.83. The van der Waals surface area contributed by atoms with Crippen molar-refractivity contribution in [1.29, 1.82) is 0 Å². The zero-order chi connectivity index (χ0) is 29.1. The van der Waals surface area contributed by atoms with E-state index in [1.165, 1.54) is 6.33 Å². The van der Waals surface area contributed by atoms with Crippen LogP contribution >= 0.6 is 16.3 Å². The Hall–Kier alpha value is -1.27. The Morgan fingerprint density at radius 3 is 2.27 bits per heavy atom. The Bertz CT molecular complexity index is 1360. The number of nitrogen functional groups attached to an aromatic ring is 1. The smallest absolute Gasteiger partial charge is 0.251 e. The molecule has 4 fully saturated rings. The van der Waals surface area contributed by atoms with Gasteiger partial charge in [-0.25, -0.2) is 18.6 Å². The number of ether oxygens (including phenoxy) is 5. The maximum absolute atomic E-state index is 12.6. The summed E-state index contributed by atoms with van der Waals surface area (Å²) < 4.78 is 48.1. The maximum atomic E-state index is 12.6. The van der Waals surface area contributed by atoms with Crippen LogP contribution in [-0.4, -0.2) is 69.8 Å². The second-order valence-corrected chi connectivity index (χ2v) is 14.6. The highest BCUT2D eigenvalue weighted by atomic mass is 31.3. The first-order valence-corrected chi connectivity index (χ1v) is 16.1. The van der Waals surface area contributed by atoms with E-state index in [1.807, 2.05) is 0 Å². The minimum absolute atomic E-state index is 0.303. The van der Waals surface area contributed by atoms with Gasteiger partial charge >= 0.3 is 0 Å². The maximum Gasteiger partial charge on any atom is 0.251 e. The predicted molar refractivity (Wildman–Crippen MR) is 128 cm³/mol. The van der Waals surface area contributed by atoms with E-state index in [-0.39, 0.29) is 0 Å². The third-order valence-corrected chi connectivity index (χ3v) is 10.5. The first-order valence-electron chi connectivity index (χ1n) is 13.1. The molecule has 0 amide bonds. The molecule has 2 N–H and O–H groups in total. The van der Waals surface area contributed by atoms with E-state index in [4.69, 9.17) is 38.5 Å². The average Bonchev–Trinajstić information content (AvgIpc) is 3.62. The van der Waals surface area contributed by atoms with E-state index in [0.29, 0.717) is 23.4 Å². The topological polar surface area (TPSA) is 227 Å². The van der Waals surface area contributed by atoms with E-state index < -0.39 is 89.8 Å². The van der Waals surface area contributed by atoms with E-state index in [0.717, 1.165) is 0 Å². The van der Waals surface area contributed by atoms with E-state index in [1.54, 1.807) is 43.2 Å². The lowest BCUT2D eigenvalue weighted by molar-refractivity contribution is -0.717. The van der Waals surface area contributed by atoms with Gasteiger partial charge in [0.2, 0.25) is 12.0 Å². The number of hydrogen-bond donors (Lipinski definition) is 1. The zero-order valence-electron chi connectivity index (χ0n) is 22.6. The second-order valence-electron chi connectivity index (χ2n) is 11.7. The van der Waals surface area contributed by atoms with Crippen molar-refractivity contribution in [2.75, 3.05) is 18.9 Å². The molecule has 1 saturated carbocycles. The van der Waals surface area contributed by atoms with Crippen LogP contribution < -0.4 is 29.9 Å². The summed E-state index contributed by atoms with van der Waals surface area (Å²) in [7, 11) is -10.8. The summed E-state index contributed by atoms with van der Waals surface area (Å²) in [6, 6.07) is -0.430. The average molecular weight is 618 g/mol. The fourth-order valence-corrected chi connectivity index (χ4v) is 8.51. The zero-order valence-corrected chi connectivity index (χ0v) is 24.3. The van der Waals surface area contributed by atoms with Crippen LogP contribution in [0.25, 0.3) is 11.2 Å². The van der Waals surface area contributed by atoms with Crippen molar-refractivity contribution in [2.45, 2.75) is 88.5 Å². The summed E-state index contributed by atoms with van der Waals surface area (Å²) in [5, 5.41) is 0. The number of phosphoric ester groups is 2. The molecule has 17 nitrogen and oxygen atoms in total. The molecular weight excluding hydrogens is 588 g/mol. The minimum atomic E-state index is -5.40. The molecule has 226 valence electrons. The van der Waals surface area contributed by atoms with Gasteiger partial charge in [-0.3, -0.25) is 4.57 Å². The molecule has 19 heteroatoms. The van der Waals surface area contributed by atoms with E-state index >= 15 is 0 Å². The van der Waals surface area contributed by atoms with Gasteiger partial charge in [-0.1, -0.05) is 9.29 Å². The lowest BCUT2D eigenvalue weighted by Crippen LogP contribution is -2.48. The molecule has 0 spiro atoms. The van der Waals surface area contributed by atoms with Crippen molar-refractivity contribution < 1.29 is 61.2 Å². The molecule has 5 aliphatic heterocycles. The van der Waals surface area contributed by atoms with Crippen LogP contribution in [0, 0.1) is 5.92 Å². The van der Waals surface area contributed by atoms with Crippen molar-refractivity contribution in [3.05, 3.63) is 12.7 Å². The molecule has 1 aliphatic carbocycles. The van der Waals surface area contributed by atoms with Crippen molar-refractivity contribution in [3.63, 3.8) is 0 Å². The molecule has 2 aromatic heterocycles. The highest BCUT2D eigenvalue weighted by molar-refractivity contribution is 7.65. The van der Waals surface area contributed by atoms with Crippen LogP contribution in [0.5, 0.6) is 0 Å². The van der Waals surface area contributed by atoms with Crippen LogP contribution in [0.15, 0.2) is 12.7 Å². The molecule has 0 aromatic carbocycles. The molecule has 0 radical (unpaired) electrons. The lowest BCUT2D eigenvalue weighted by Gasteiger charge is -2.38. The lowest BCUT2D eigenvalue weighted by atomic mass is 10.1. The third kappa shape index (κ3) is 4.95. The number of nitrogens with zero attached hydrogens (tertiary/aromatic N) is 4. The van der Waals surface area contributed by atoms with Gasteiger partial charge in [-0.2, -0.15) is 0 Å². The van der Waals surface area contributed by atoms with Crippen molar-refractivity contribution >= 4 is 33.3 Å². The molecule has 3 saturated heterocycles. The van der Waals surface area contributed by atoms with Gasteiger partial charge in [-0.15, -0.1) is 0 Å². The highest BCUT2D eigenvalue weighted by Crippen LogP contribution is 2.61. The summed E-state index contributed by atoms with van der Waals surface area (Å²) >= 11 is 0. The summed E-state index contributed by atoms with van der Waals surface area (Å²) in [5.74, 6) is -2.22. The SMILES string of the molecule is CC1(C)O[C@@H]2[C@H]3CO[P+]([O-])([O-])O[P+]([O-])([O-])OC[C@H]4O[C@H]([C@@H]5OC(C)(C)O[C@@H]54)n4cnc5c(N)[n+](cnc54)[C@H](C3)[C@@H]2O1. The van der Waals surface area contributed by atoms with E-state index in [9.17, 15) is 19.6 Å².